The van der Waals surface area contributed by atoms with Crippen LogP contribution in [0.1, 0.15) is 41.0 Å². The highest BCUT2D eigenvalue weighted by atomic mass is 16.4. The number of aliphatic carboxylic acids is 1. The van der Waals surface area contributed by atoms with E-state index in [1.165, 1.54) is 6.92 Å². The molecule has 0 bridgehead atoms. The normalized spacial score (nSPS) is 16.6. The fourth-order valence-corrected chi connectivity index (χ4v) is 1.96. The predicted octanol–water partition coefficient (Wildman–Crippen LogP) is -0.549. The smallest absolute Gasteiger partial charge is 0.326 e. The minimum Gasteiger partial charge on any atom is -0.480 e. The highest BCUT2D eigenvalue weighted by Gasteiger charge is 2.30. The molecule has 0 aromatic rings. The lowest BCUT2D eigenvalue weighted by atomic mass is 10.00. The van der Waals surface area contributed by atoms with Crippen LogP contribution >= 0.6 is 0 Å². The number of carbonyl (C=O) groups excluding carboxylic acids is 2. The fourth-order valence-electron chi connectivity index (χ4n) is 1.96. The number of aliphatic hydroxyl groups is 1. The first-order valence-electron chi connectivity index (χ1n) is 7.74. The van der Waals surface area contributed by atoms with Gasteiger partial charge in [0.15, 0.2) is 0 Å². The molecule has 0 unspecified atom stereocenters. The summed E-state index contributed by atoms with van der Waals surface area (Å²) in [5.74, 6) is -2.57. The molecule has 0 aliphatic rings. The lowest BCUT2D eigenvalue weighted by Gasteiger charge is -2.25. The van der Waals surface area contributed by atoms with E-state index in [1.54, 1.807) is 13.8 Å². The molecule has 8 nitrogen and oxygen atoms in total. The van der Waals surface area contributed by atoms with Gasteiger partial charge >= 0.3 is 5.97 Å². The highest BCUT2D eigenvalue weighted by molar-refractivity contribution is 5.92. The van der Waals surface area contributed by atoms with Crippen molar-refractivity contribution in [2.75, 3.05) is 0 Å². The van der Waals surface area contributed by atoms with Gasteiger partial charge in [0, 0.05) is 0 Å². The molecule has 0 aliphatic heterocycles. The van der Waals surface area contributed by atoms with E-state index in [1.807, 2.05) is 13.8 Å². The average Bonchev–Trinajstić information content (AvgIpc) is 2.41. The molecule has 0 radical (unpaired) electrons. The van der Waals surface area contributed by atoms with Crippen LogP contribution in [0.25, 0.3) is 0 Å². The van der Waals surface area contributed by atoms with Crippen LogP contribution in [-0.4, -0.2) is 52.2 Å². The standard InChI is InChI=1S/C15H29N3O5/c1-7(2)6-10(17-14(21)11(16)9(5)19)13(20)18-12(8(3)4)15(22)23/h7-12,19H,6,16H2,1-5H3,(H,17,21)(H,18,20)(H,22,23)/t9-,10+,11+,12+/m1/s1. The zero-order valence-corrected chi connectivity index (χ0v) is 14.4. The highest BCUT2D eigenvalue weighted by Crippen LogP contribution is 2.08. The monoisotopic (exact) mass is 331 g/mol. The Morgan fingerprint density at radius 3 is 1.87 bits per heavy atom. The lowest BCUT2D eigenvalue weighted by Crippen LogP contribution is -2.57. The molecule has 0 aromatic carbocycles. The van der Waals surface area contributed by atoms with Crippen LogP contribution in [0.4, 0.5) is 0 Å². The van der Waals surface area contributed by atoms with E-state index in [4.69, 9.17) is 10.8 Å². The van der Waals surface area contributed by atoms with Crippen LogP contribution in [0.2, 0.25) is 0 Å². The first-order chi connectivity index (χ1) is 10.5. The number of nitrogens with two attached hydrogens (primary N) is 1. The summed E-state index contributed by atoms with van der Waals surface area (Å²) in [5, 5.41) is 23.4. The summed E-state index contributed by atoms with van der Waals surface area (Å²) < 4.78 is 0. The van der Waals surface area contributed by atoms with Gasteiger partial charge in [-0.25, -0.2) is 4.79 Å². The topological polar surface area (TPSA) is 142 Å². The van der Waals surface area contributed by atoms with Gasteiger partial charge < -0.3 is 26.6 Å². The van der Waals surface area contributed by atoms with Gasteiger partial charge in [0.05, 0.1) is 6.10 Å². The lowest BCUT2D eigenvalue weighted by molar-refractivity contribution is -0.143. The van der Waals surface area contributed by atoms with E-state index in [9.17, 15) is 19.5 Å². The maximum Gasteiger partial charge on any atom is 0.326 e. The molecule has 0 fully saturated rings. The van der Waals surface area contributed by atoms with Crippen molar-refractivity contribution >= 4 is 17.8 Å². The van der Waals surface area contributed by atoms with Crippen molar-refractivity contribution in [2.24, 2.45) is 17.6 Å². The molecule has 0 aliphatic carbocycles. The second-order valence-corrected chi connectivity index (χ2v) is 6.53. The summed E-state index contributed by atoms with van der Waals surface area (Å²) in [6.45, 7) is 8.48. The molecule has 0 rings (SSSR count). The van der Waals surface area contributed by atoms with E-state index >= 15 is 0 Å². The number of aliphatic hydroxyl groups excluding tert-OH is 1. The fraction of sp³-hybridized carbons (Fsp3) is 0.800. The first-order valence-corrected chi connectivity index (χ1v) is 7.74. The van der Waals surface area contributed by atoms with Gasteiger partial charge in [-0.15, -0.1) is 0 Å². The van der Waals surface area contributed by atoms with Crippen LogP contribution in [0.5, 0.6) is 0 Å². The minimum atomic E-state index is -1.15. The number of hydrogen-bond acceptors (Lipinski definition) is 5. The molecule has 0 heterocycles. The van der Waals surface area contributed by atoms with Crippen LogP contribution in [0.3, 0.4) is 0 Å². The van der Waals surface area contributed by atoms with Crippen molar-refractivity contribution in [1.82, 2.24) is 10.6 Å². The summed E-state index contributed by atoms with van der Waals surface area (Å²) >= 11 is 0. The Kier molecular flexibility index (Phi) is 8.78. The molecule has 0 saturated heterocycles. The van der Waals surface area contributed by atoms with E-state index in [0.29, 0.717) is 6.42 Å². The minimum absolute atomic E-state index is 0.0937. The van der Waals surface area contributed by atoms with Crippen LogP contribution in [0, 0.1) is 11.8 Å². The first kappa shape index (κ1) is 21.3. The van der Waals surface area contributed by atoms with Gasteiger partial charge in [-0.05, 0) is 25.2 Å². The van der Waals surface area contributed by atoms with Crippen molar-refractivity contribution < 1.29 is 24.6 Å². The Balaban J connectivity index is 5.05. The van der Waals surface area contributed by atoms with E-state index < -0.39 is 42.0 Å². The van der Waals surface area contributed by atoms with Crippen molar-refractivity contribution in [3.05, 3.63) is 0 Å². The Bertz CT molecular complexity index is 423. The van der Waals surface area contributed by atoms with Crippen molar-refractivity contribution in [3.63, 3.8) is 0 Å². The van der Waals surface area contributed by atoms with Gasteiger partial charge in [-0.1, -0.05) is 27.7 Å². The summed E-state index contributed by atoms with van der Waals surface area (Å²) in [6, 6.07) is -3.11. The SMILES string of the molecule is CC(C)C[C@H](NC(=O)[C@@H](N)[C@@H](C)O)C(=O)N[C@H](C(=O)O)C(C)C. The number of nitrogens with one attached hydrogen (secondary N) is 2. The van der Waals surface area contributed by atoms with E-state index in [0.717, 1.165) is 0 Å². The zero-order valence-electron chi connectivity index (χ0n) is 14.4. The second-order valence-electron chi connectivity index (χ2n) is 6.53. The van der Waals surface area contributed by atoms with Gasteiger partial charge in [0.2, 0.25) is 11.8 Å². The molecular formula is C15H29N3O5. The summed E-state index contributed by atoms with van der Waals surface area (Å²) in [6.07, 6.45) is -0.727. The number of carboxylic acids is 1. The summed E-state index contributed by atoms with van der Waals surface area (Å²) in [7, 11) is 0. The summed E-state index contributed by atoms with van der Waals surface area (Å²) in [4.78, 5) is 35.5. The maximum absolute atomic E-state index is 12.3. The van der Waals surface area contributed by atoms with Crippen molar-refractivity contribution in [2.45, 2.75) is 65.3 Å². The average molecular weight is 331 g/mol. The van der Waals surface area contributed by atoms with Crippen LogP contribution in [0.15, 0.2) is 0 Å². The molecule has 2 amide bonds. The molecular weight excluding hydrogens is 302 g/mol. The largest absolute Gasteiger partial charge is 0.480 e. The quantitative estimate of drug-likeness (QED) is 0.384. The number of amides is 2. The number of carboxylic acid groups (broad SMARTS) is 1. The van der Waals surface area contributed by atoms with Gasteiger partial charge in [-0.2, -0.15) is 0 Å². The molecule has 134 valence electrons. The predicted molar refractivity (Wildman–Crippen MR) is 85.4 cm³/mol. The molecule has 6 N–H and O–H groups in total. The van der Waals surface area contributed by atoms with Crippen molar-refractivity contribution in [3.8, 4) is 0 Å². The Labute approximate surface area is 136 Å². The van der Waals surface area contributed by atoms with E-state index in [2.05, 4.69) is 10.6 Å². The molecule has 4 atom stereocenters. The summed E-state index contributed by atoms with van der Waals surface area (Å²) in [5.41, 5.74) is 5.55. The Morgan fingerprint density at radius 1 is 1.00 bits per heavy atom. The second kappa shape index (κ2) is 9.46. The van der Waals surface area contributed by atoms with Crippen LogP contribution in [-0.2, 0) is 14.4 Å². The number of carbonyl (C=O) groups is 3. The van der Waals surface area contributed by atoms with E-state index in [-0.39, 0.29) is 11.8 Å². The van der Waals surface area contributed by atoms with Crippen molar-refractivity contribution in [1.29, 1.82) is 0 Å². The third kappa shape index (κ3) is 7.43. The van der Waals surface area contributed by atoms with Gasteiger partial charge in [-0.3, -0.25) is 9.59 Å². The van der Waals surface area contributed by atoms with Gasteiger partial charge in [0.25, 0.3) is 0 Å². The molecule has 8 heteroatoms. The Morgan fingerprint density at radius 2 is 1.52 bits per heavy atom. The Hall–Kier alpha value is -1.67. The molecule has 23 heavy (non-hydrogen) atoms. The molecule has 0 spiro atoms. The maximum atomic E-state index is 12.3. The van der Waals surface area contributed by atoms with Crippen LogP contribution < -0.4 is 16.4 Å². The number of hydrogen-bond donors (Lipinski definition) is 5. The number of rotatable bonds is 9. The molecule has 0 saturated carbocycles. The third-order valence-electron chi connectivity index (χ3n) is 3.39. The molecule has 0 aromatic heterocycles. The zero-order chi connectivity index (χ0) is 18.3. The van der Waals surface area contributed by atoms with Gasteiger partial charge in [0.1, 0.15) is 18.1 Å². The third-order valence-corrected chi connectivity index (χ3v) is 3.39.